The number of para-hydroxylation sites is 1. The first-order chi connectivity index (χ1) is 12.0. The first-order valence-corrected chi connectivity index (χ1v) is 9.33. The summed E-state index contributed by atoms with van der Waals surface area (Å²) in [6.07, 6.45) is 1.82. The number of urea groups is 1. The number of ether oxygens (including phenoxy) is 1. The van der Waals surface area contributed by atoms with Gasteiger partial charge in [0.1, 0.15) is 11.0 Å². The molecule has 1 aromatic carbocycles. The smallest absolute Gasteiger partial charge is 0.328 e. The van der Waals surface area contributed by atoms with Gasteiger partial charge in [0, 0.05) is 6.54 Å². The number of hydrogen-bond donors (Lipinski definition) is 1. The summed E-state index contributed by atoms with van der Waals surface area (Å²) in [6.45, 7) is 4.44. The van der Waals surface area contributed by atoms with E-state index in [1.165, 1.54) is 7.11 Å². The van der Waals surface area contributed by atoms with Crippen molar-refractivity contribution in [2.75, 3.05) is 13.7 Å². The van der Waals surface area contributed by atoms with Crippen LogP contribution in [0.3, 0.4) is 0 Å². The predicted octanol–water partition coefficient (Wildman–Crippen LogP) is 3.34. The maximum absolute atomic E-state index is 12.8. The summed E-state index contributed by atoms with van der Waals surface area (Å²) >= 11 is 1.63. The topological polar surface area (TPSA) is 71.5 Å². The van der Waals surface area contributed by atoms with E-state index in [0.29, 0.717) is 6.54 Å². The SMILES string of the molecule is COC(=O)[C@H](NC(=O)N1CCCC1c1nc2ccccc2s1)C(C)C. The Morgan fingerprint density at radius 3 is 2.80 bits per heavy atom. The third kappa shape index (κ3) is 3.61. The molecular formula is C18H23N3O3S. The number of nitrogens with zero attached hydrogens (tertiary/aromatic N) is 2. The second-order valence-corrected chi connectivity index (χ2v) is 7.63. The molecule has 2 aromatic rings. The van der Waals surface area contributed by atoms with Crippen molar-refractivity contribution >= 4 is 33.6 Å². The molecule has 0 bridgehead atoms. The number of likely N-dealkylation sites (tertiary alicyclic amines) is 1. The Labute approximate surface area is 151 Å². The molecule has 1 aliphatic heterocycles. The van der Waals surface area contributed by atoms with Crippen LogP contribution in [-0.4, -0.2) is 41.6 Å². The van der Waals surface area contributed by atoms with Crippen molar-refractivity contribution in [3.05, 3.63) is 29.3 Å². The molecule has 2 heterocycles. The van der Waals surface area contributed by atoms with Gasteiger partial charge in [-0.05, 0) is 30.9 Å². The fourth-order valence-electron chi connectivity index (χ4n) is 3.14. The van der Waals surface area contributed by atoms with Gasteiger partial charge in [-0.25, -0.2) is 14.6 Å². The Hall–Kier alpha value is -2.15. The van der Waals surface area contributed by atoms with Crippen molar-refractivity contribution in [3.8, 4) is 0 Å². The number of aromatic nitrogens is 1. The number of rotatable bonds is 4. The van der Waals surface area contributed by atoms with Crippen LogP contribution in [0.2, 0.25) is 0 Å². The third-order valence-electron chi connectivity index (χ3n) is 4.51. The highest BCUT2D eigenvalue weighted by Crippen LogP contribution is 2.36. The van der Waals surface area contributed by atoms with Crippen molar-refractivity contribution in [1.29, 1.82) is 0 Å². The number of esters is 1. The van der Waals surface area contributed by atoms with E-state index in [-0.39, 0.29) is 18.0 Å². The lowest BCUT2D eigenvalue weighted by Gasteiger charge is -2.27. The molecule has 7 heteroatoms. The Kier molecular flexibility index (Phi) is 5.22. The molecule has 0 aliphatic carbocycles. The van der Waals surface area contributed by atoms with Crippen LogP contribution in [0.4, 0.5) is 4.79 Å². The van der Waals surface area contributed by atoms with E-state index in [1.807, 2.05) is 38.1 Å². The number of methoxy groups -OCH3 is 1. The summed E-state index contributed by atoms with van der Waals surface area (Å²) < 4.78 is 5.93. The van der Waals surface area contributed by atoms with Gasteiger partial charge < -0.3 is 15.0 Å². The van der Waals surface area contributed by atoms with Crippen LogP contribution in [0.5, 0.6) is 0 Å². The van der Waals surface area contributed by atoms with Crippen LogP contribution in [-0.2, 0) is 9.53 Å². The Morgan fingerprint density at radius 2 is 2.12 bits per heavy atom. The minimum Gasteiger partial charge on any atom is -0.467 e. The summed E-state index contributed by atoms with van der Waals surface area (Å²) in [4.78, 5) is 31.2. The largest absolute Gasteiger partial charge is 0.467 e. The van der Waals surface area contributed by atoms with Gasteiger partial charge in [0.15, 0.2) is 0 Å². The van der Waals surface area contributed by atoms with E-state index in [4.69, 9.17) is 9.72 Å². The lowest BCUT2D eigenvalue weighted by atomic mass is 10.1. The normalized spacial score (nSPS) is 18.6. The van der Waals surface area contributed by atoms with Gasteiger partial charge in [-0.2, -0.15) is 0 Å². The van der Waals surface area contributed by atoms with Crippen molar-refractivity contribution < 1.29 is 14.3 Å². The number of carbonyl (C=O) groups excluding carboxylic acids is 2. The number of hydrogen-bond acceptors (Lipinski definition) is 5. The fraction of sp³-hybridized carbons (Fsp3) is 0.500. The Balaban J connectivity index is 1.78. The molecule has 0 saturated carbocycles. The second kappa shape index (κ2) is 7.39. The average Bonchev–Trinajstić information content (AvgIpc) is 3.24. The zero-order valence-electron chi connectivity index (χ0n) is 14.7. The van der Waals surface area contributed by atoms with Crippen LogP contribution in [0.15, 0.2) is 24.3 Å². The number of carbonyl (C=O) groups is 2. The maximum Gasteiger partial charge on any atom is 0.328 e. The summed E-state index contributed by atoms with van der Waals surface area (Å²) in [7, 11) is 1.34. The van der Waals surface area contributed by atoms with Crippen LogP contribution in [0.25, 0.3) is 10.2 Å². The molecule has 0 radical (unpaired) electrons. The summed E-state index contributed by atoms with van der Waals surface area (Å²) in [6, 6.07) is 7.08. The van der Waals surface area contributed by atoms with Gasteiger partial charge in [-0.1, -0.05) is 26.0 Å². The molecule has 2 amide bonds. The third-order valence-corrected chi connectivity index (χ3v) is 5.65. The second-order valence-electron chi connectivity index (χ2n) is 6.57. The van der Waals surface area contributed by atoms with Crippen LogP contribution in [0, 0.1) is 5.92 Å². The number of fused-ring (bicyclic) bond motifs is 1. The molecular weight excluding hydrogens is 338 g/mol. The minimum atomic E-state index is -0.644. The lowest BCUT2D eigenvalue weighted by Crippen LogP contribution is -2.50. The zero-order chi connectivity index (χ0) is 18.0. The van der Waals surface area contributed by atoms with E-state index in [2.05, 4.69) is 5.32 Å². The van der Waals surface area contributed by atoms with E-state index in [0.717, 1.165) is 28.1 Å². The number of benzene rings is 1. The lowest BCUT2D eigenvalue weighted by molar-refractivity contribution is -0.144. The molecule has 1 unspecified atom stereocenters. The number of nitrogens with one attached hydrogen (secondary N) is 1. The van der Waals surface area contributed by atoms with Crippen LogP contribution in [0.1, 0.15) is 37.7 Å². The quantitative estimate of drug-likeness (QED) is 0.848. The predicted molar refractivity (Wildman–Crippen MR) is 97.5 cm³/mol. The van der Waals surface area contributed by atoms with Crippen LogP contribution < -0.4 is 5.32 Å². The zero-order valence-corrected chi connectivity index (χ0v) is 15.5. The van der Waals surface area contributed by atoms with Gasteiger partial charge in [-0.15, -0.1) is 11.3 Å². The first-order valence-electron chi connectivity index (χ1n) is 8.51. The average molecular weight is 361 g/mol. The standard InChI is InChI=1S/C18H23N3O3S/c1-11(2)15(17(22)24-3)20-18(23)21-10-6-8-13(21)16-19-12-7-4-5-9-14(12)25-16/h4-5,7,9,11,13,15H,6,8,10H2,1-3H3,(H,20,23)/t13?,15-/m1/s1. The monoisotopic (exact) mass is 361 g/mol. The van der Waals surface area contributed by atoms with Crippen LogP contribution >= 0.6 is 11.3 Å². The highest BCUT2D eigenvalue weighted by Gasteiger charge is 2.35. The summed E-state index contributed by atoms with van der Waals surface area (Å²) in [5.74, 6) is -0.459. The number of amides is 2. The molecule has 3 rings (SSSR count). The molecule has 1 aromatic heterocycles. The molecule has 1 aliphatic rings. The molecule has 2 atom stereocenters. The van der Waals surface area contributed by atoms with Crippen molar-refractivity contribution in [2.45, 2.75) is 38.8 Å². The Bertz CT molecular complexity index is 741. The molecule has 1 N–H and O–H groups in total. The van der Waals surface area contributed by atoms with Gasteiger partial charge in [0.2, 0.25) is 0 Å². The molecule has 6 nitrogen and oxygen atoms in total. The van der Waals surface area contributed by atoms with E-state index in [1.54, 1.807) is 16.2 Å². The van der Waals surface area contributed by atoms with Crippen molar-refractivity contribution in [1.82, 2.24) is 15.2 Å². The van der Waals surface area contributed by atoms with Crippen molar-refractivity contribution in [2.24, 2.45) is 5.92 Å². The van der Waals surface area contributed by atoms with E-state index >= 15 is 0 Å². The highest BCUT2D eigenvalue weighted by atomic mass is 32.1. The minimum absolute atomic E-state index is 0.0390. The van der Waals surface area contributed by atoms with Gasteiger partial charge in [0.25, 0.3) is 0 Å². The van der Waals surface area contributed by atoms with E-state index in [9.17, 15) is 9.59 Å². The van der Waals surface area contributed by atoms with Gasteiger partial charge in [0.05, 0.1) is 23.4 Å². The van der Waals surface area contributed by atoms with Crippen molar-refractivity contribution in [3.63, 3.8) is 0 Å². The summed E-state index contributed by atoms with van der Waals surface area (Å²) in [5, 5.41) is 3.78. The molecule has 0 spiro atoms. The Morgan fingerprint density at radius 1 is 1.36 bits per heavy atom. The number of thiazole rings is 1. The first kappa shape index (κ1) is 17.7. The maximum atomic E-state index is 12.8. The fourth-order valence-corrected chi connectivity index (χ4v) is 4.26. The van der Waals surface area contributed by atoms with Gasteiger partial charge >= 0.3 is 12.0 Å². The molecule has 25 heavy (non-hydrogen) atoms. The summed E-state index contributed by atoms with van der Waals surface area (Å²) in [5.41, 5.74) is 0.962. The molecule has 134 valence electrons. The molecule has 1 fully saturated rings. The highest BCUT2D eigenvalue weighted by molar-refractivity contribution is 7.18. The van der Waals surface area contributed by atoms with Gasteiger partial charge in [-0.3, -0.25) is 0 Å². The van der Waals surface area contributed by atoms with E-state index < -0.39 is 12.0 Å². The molecule has 1 saturated heterocycles.